The first kappa shape index (κ1) is 20.4. The second-order valence-electron chi connectivity index (χ2n) is 8.90. The van der Waals surface area contributed by atoms with Crippen LogP contribution in [0.15, 0.2) is 24.3 Å². The van der Waals surface area contributed by atoms with Gasteiger partial charge in [-0.3, -0.25) is 14.5 Å². The summed E-state index contributed by atoms with van der Waals surface area (Å²) in [6.07, 6.45) is 7.26. The van der Waals surface area contributed by atoms with Crippen molar-refractivity contribution in [3.05, 3.63) is 29.3 Å². The number of thiazole rings is 1. The van der Waals surface area contributed by atoms with Gasteiger partial charge in [0.2, 0.25) is 5.91 Å². The first-order valence-electron chi connectivity index (χ1n) is 11.4. The van der Waals surface area contributed by atoms with E-state index >= 15 is 0 Å². The molecule has 2 aromatic rings. The van der Waals surface area contributed by atoms with Gasteiger partial charge in [0.25, 0.3) is 5.91 Å². The average Bonchev–Trinajstić information content (AvgIpc) is 3.48. The number of benzene rings is 1. The molecule has 3 heterocycles. The zero-order chi connectivity index (χ0) is 21.4. The lowest BCUT2D eigenvalue weighted by atomic mass is 9.98. The highest BCUT2D eigenvalue weighted by molar-refractivity contribution is 7.18. The summed E-state index contributed by atoms with van der Waals surface area (Å²) in [5.41, 5.74) is 0.311. The number of imide groups is 1. The molecule has 1 spiro atoms. The van der Waals surface area contributed by atoms with Crippen molar-refractivity contribution in [2.75, 3.05) is 13.1 Å². The molecule has 1 N–H and O–H groups in total. The molecule has 0 unspecified atom stereocenters. The van der Waals surface area contributed by atoms with E-state index in [1.807, 2.05) is 23.1 Å². The van der Waals surface area contributed by atoms with E-state index in [4.69, 9.17) is 4.98 Å². The first-order valence-corrected chi connectivity index (χ1v) is 12.2. The van der Waals surface area contributed by atoms with Crippen LogP contribution in [0.4, 0.5) is 4.79 Å². The minimum absolute atomic E-state index is 0.0251. The van der Waals surface area contributed by atoms with Gasteiger partial charge in [-0.05, 0) is 50.7 Å². The molecule has 3 fully saturated rings. The van der Waals surface area contributed by atoms with Crippen molar-refractivity contribution >= 4 is 39.4 Å². The number of nitrogens with zero attached hydrogens (tertiary/aromatic N) is 3. The van der Waals surface area contributed by atoms with Crippen LogP contribution in [0.3, 0.4) is 0 Å². The van der Waals surface area contributed by atoms with Gasteiger partial charge in [-0.1, -0.05) is 25.0 Å². The summed E-state index contributed by atoms with van der Waals surface area (Å²) in [6, 6.07) is 7.81. The molecule has 2 aliphatic heterocycles. The van der Waals surface area contributed by atoms with Crippen molar-refractivity contribution in [3.63, 3.8) is 0 Å². The van der Waals surface area contributed by atoms with E-state index in [1.165, 1.54) is 4.90 Å². The van der Waals surface area contributed by atoms with E-state index in [2.05, 4.69) is 11.4 Å². The summed E-state index contributed by atoms with van der Waals surface area (Å²) in [4.78, 5) is 46.3. The molecule has 0 radical (unpaired) electrons. The van der Waals surface area contributed by atoms with Crippen LogP contribution in [0.2, 0.25) is 0 Å². The molecule has 1 atom stereocenters. The highest BCUT2D eigenvalue weighted by Crippen LogP contribution is 2.37. The van der Waals surface area contributed by atoms with Crippen LogP contribution in [-0.4, -0.2) is 51.3 Å². The van der Waals surface area contributed by atoms with Crippen LogP contribution < -0.4 is 5.32 Å². The number of carbonyl (C=O) groups excluding carboxylic acids is 3. The average molecular weight is 441 g/mol. The number of nitrogens with one attached hydrogen (secondary N) is 1. The number of aromatic nitrogens is 1. The topological polar surface area (TPSA) is 82.6 Å². The van der Waals surface area contributed by atoms with E-state index < -0.39 is 5.54 Å². The van der Waals surface area contributed by atoms with Gasteiger partial charge in [0.05, 0.1) is 16.3 Å². The Morgan fingerprint density at radius 1 is 1.16 bits per heavy atom. The van der Waals surface area contributed by atoms with Gasteiger partial charge < -0.3 is 10.2 Å². The third kappa shape index (κ3) is 3.71. The fraction of sp³-hybridized carbons (Fsp3) is 0.565. The second kappa shape index (κ2) is 8.22. The summed E-state index contributed by atoms with van der Waals surface area (Å²) < 4.78 is 1.15. The van der Waals surface area contributed by atoms with Crippen molar-refractivity contribution in [1.82, 2.24) is 20.1 Å². The summed E-state index contributed by atoms with van der Waals surface area (Å²) >= 11 is 1.67. The van der Waals surface area contributed by atoms with Crippen molar-refractivity contribution in [3.8, 4) is 0 Å². The smallest absolute Gasteiger partial charge is 0.325 e. The maximum absolute atomic E-state index is 13.1. The van der Waals surface area contributed by atoms with Crippen LogP contribution in [0.1, 0.15) is 68.8 Å². The molecule has 1 aromatic carbocycles. The summed E-state index contributed by atoms with van der Waals surface area (Å²) in [7, 11) is 0. The third-order valence-electron chi connectivity index (χ3n) is 6.89. The van der Waals surface area contributed by atoms with Gasteiger partial charge in [-0.25, -0.2) is 9.78 Å². The lowest BCUT2D eigenvalue weighted by molar-refractivity contribution is -0.136. The molecule has 7 nitrogen and oxygen atoms in total. The molecule has 5 rings (SSSR count). The number of urea groups is 1. The number of hydrogen-bond donors (Lipinski definition) is 1. The monoisotopic (exact) mass is 440 g/mol. The molecule has 8 heteroatoms. The van der Waals surface area contributed by atoms with Crippen LogP contribution in [0.25, 0.3) is 10.2 Å². The largest absolute Gasteiger partial charge is 0.333 e. The van der Waals surface area contributed by atoms with E-state index in [0.717, 1.165) is 66.7 Å². The maximum Gasteiger partial charge on any atom is 0.325 e. The zero-order valence-electron chi connectivity index (χ0n) is 17.6. The molecule has 164 valence electrons. The quantitative estimate of drug-likeness (QED) is 0.713. The second-order valence-corrected chi connectivity index (χ2v) is 9.96. The van der Waals surface area contributed by atoms with E-state index in [9.17, 15) is 14.4 Å². The molecule has 3 aliphatic rings. The molecule has 1 aliphatic carbocycles. The van der Waals surface area contributed by atoms with Gasteiger partial charge in [0, 0.05) is 19.5 Å². The number of rotatable bonds is 5. The molecular formula is C23H28N4O3S. The number of hydrogen-bond acceptors (Lipinski definition) is 5. The number of piperidine rings is 1. The molecule has 0 bridgehead atoms. The van der Waals surface area contributed by atoms with E-state index in [0.29, 0.717) is 19.4 Å². The summed E-state index contributed by atoms with van der Waals surface area (Å²) in [5, 5.41) is 3.91. The number of carbonyl (C=O) groups is 3. The van der Waals surface area contributed by atoms with Gasteiger partial charge in [0.1, 0.15) is 10.5 Å². The zero-order valence-corrected chi connectivity index (χ0v) is 18.5. The Labute approximate surface area is 185 Å². The Hall–Kier alpha value is -2.48. The molecule has 31 heavy (non-hydrogen) atoms. The van der Waals surface area contributed by atoms with Crippen LogP contribution in [0.5, 0.6) is 0 Å². The number of para-hydroxylation sites is 1. The van der Waals surface area contributed by atoms with Gasteiger partial charge in [-0.2, -0.15) is 0 Å². The summed E-state index contributed by atoms with van der Waals surface area (Å²) in [6.45, 7) is 1.05. The Bertz CT molecular complexity index is 980. The minimum Gasteiger partial charge on any atom is -0.333 e. The van der Waals surface area contributed by atoms with Crippen molar-refractivity contribution in [2.24, 2.45) is 0 Å². The predicted octanol–water partition coefficient (Wildman–Crippen LogP) is 3.99. The Balaban J connectivity index is 1.22. The van der Waals surface area contributed by atoms with Crippen LogP contribution in [0, 0.1) is 0 Å². The Morgan fingerprint density at radius 3 is 2.77 bits per heavy atom. The van der Waals surface area contributed by atoms with Crippen LogP contribution in [-0.2, 0) is 9.59 Å². The molecule has 4 amide bonds. The van der Waals surface area contributed by atoms with Crippen LogP contribution >= 0.6 is 11.3 Å². The molecular weight excluding hydrogens is 412 g/mol. The maximum atomic E-state index is 13.1. The SMILES string of the molecule is O=C1NC2(CCCC2)C(=O)N1CCCC(=O)N1CCCC[C@@H]1c1nc2ccccc2s1. The van der Waals surface area contributed by atoms with Gasteiger partial charge >= 0.3 is 6.03 Å². The van der Waals surface area contributed by atoms with Gasteiger partial charge in [-0.15, -0.1) is 11.3 Å². The van der Waals surface area contributed by atoms with Crippen molar-refractivity contribution in [1.29, 1.82) is 0 Å². The van der Waals surface area contributed by atoms with E-state index in [-0.39, 0.29) is 23.9 Å². The van der Waals surface area contributed by atoms with E-state index in [1.54, 1.807) is 11.3 Å². The number of likely N-dealkylation sites (tertiary alicyclic amines) is 1. The lowest BCUT2D eigenvalue weighted by Crippen LogP contribution is -2.44. The Morgan fingerprint density at radius 2 is 1.97 bits per heavy atom. The minimum atomic E-state index is -0.675. The third-order valence-corrected chi connectivity index (χ3v) is 8.03. The Kier molecular flexibility index (Phi) is 5.42. The fourth-order valence-electron chi connectivity index (χ4n) is 5.25. The summed E-state index contributed by atoms with van der Waals surface area (Å²) in [5.74, 6) is -0.0145. The normalized spacial score (nSPS) is 23.2. The number of fused-ring (bicyclic) bond motifs is 1. The highest BCUT2D eigenvalue weighted by atomic mass is 32.1. The first-order chi connectivity index (χ1) is 15.1. The standard InChI is InChI=1S/C23H28N4O3S/c28-19(11-7-15-27-21(29)23(25-22(27)30)12-4-5-13-23)26-14-6-3-9-17(26)20-24-16-8-1-2-10-18(16)31-20/h1-2,8,10,17H,3-7,9,11-15H2,(H,25,30)/t17-/m1/s1. The molecule has 1 aromatic heterocycles. The predicted molar refractivity (Wildman–Crippen MR) is 119 cm³/mol. The van der Waals surface area contributed by atoms with Gasteiger partial charge in [0.15, 0.2) is 0 Å². The van der Waals surface area contributed by atoms with Crippen molar-refractivity contribution in [2.45, 2.75) is 69.4 Å². The fourth-order valence-corrected chi connectivity index (χ4v) is 6.36. The number of amides is 4. The lowest BCUT2D eigenvalue weighted by Gasteiger charge is -2.34. The molecule has 2 saturated heterocycles. The highest BCUT2D eigenvalue weighted by Gasteiger charge is 2.52. The molecule has 1 saturated carbocycles. The van der Waals surface area contributed by atoms with Crippen molar-refractivity contribution < 1.29 is 14.4 Å².